The van der Waals surface area contributed by atoms with Gasteiger partial charge in [-0.2, -0.15) is 21.0 Å². The summed E-state index contributed by atoms with van der Waals surface area (Å²) >= 11 is 0. The van der Waals surface area contributed by atoms with E-state index in [0.717, 1.165) is 11.1 Å². The topological polar surface area (TPSA) is 95.2 Å². The summed E-state index contributed by atoms with van der Waals surface area (Å²) in [5, 5.41) is 36.2. The van der Waals surface area contributed by atoms with Gasteiger partial charge in [0.1, 0.15) is 12.1 Å². The fraction of sp³-hybridized carbons (Fsp3) is 0.111. The SMILES string of the molecule is N#Cc1ccc(CCc2c(C#N)cccc2C#N)cc1C#N. The second-order valence-electron chi connectivity index (χ2n) is 4.66. The first-order valence-corrected chi connectivity index (χ1v) is 6.58. The van der Waals surface area contributed by atoms with E-state index in [1.807, 2.05) is 12.1 Å². The van der Waals surface area contributed by atoms with E-state index < -0.39 is 0 Å². The molecule has 0 aliphatic heterocycles. The average Bonchev–Trinajstić information content (AvgIpc) is 2.59. The smallest absolute Gasteiger partial charge is 0.101 e. The number of benzene rings is 2. The standard InChI is InChI=1S/C18H10N4/c19-9-14-6-4-13(8-17(14)12-22)5-7-18-15(10-20)2-1-3-16(18)11-21/h1-4,6,8H,5,7H2. The van der Waals surface area contributed by atoms with E-state index in [-0.39, 0.29) is 0 Å². The lowest BCUT2D eigenvalue weighted by Gasteiger charge is -2.07. The molecule has 0 bridgehead atoms. The number of nitriles is 4. The molecule has 0 amide bonds. The molecule has 2 aromatic rings. The number of aryl methyl sites for hydroxylation is 1. The first-order chi connectivity index (χ1) is 10.7. The third-order valence-corrected chi connectivity index (χ3v) is 3.41. The molecular formula is C18H10N4. The molecule has 0 atom stereocenters. The zero-order valence-corrected chi connectivity index (χ0v) is 11.7. The molecule has 0 unspecified atom stereocenters. The van der Waals surface area contributed by atoms with Gasteiger partial charge in [-0.1, -0.05) is 12.1 Å². The Morgan fingerprint density at radius 2 is 1.23 bits per heavy atom. The summed E-state index contributed by atoms with van der Waals surface area (Å²) < 4.78 is 0. The molecule has 4 nitrogen and oxygen atoms in total. The zero-order valence-electron chi connectivity index (χ0n) is 11.7. The van der Waals surface area contributed by atoms with Crippen LogP contribution in [0, 0.1) is 45.3 Å². The van der Waals surface area contributed by atoms with Gasteiger partial charge >= 0.3 is 0 Å². The van der Waals surface area contributed by atoms with Gasteiger partial charge in [-0.15, -0.1) is 0 Å². The predicted octanol–water partition coefficient (Wildman–Crippen LogP) is 2.96. The number of hydrogen-bond acceptors (Lipinski definition) is 4. The highest BCUT2D eigenvalue weighted by Crippen LogP contribution is 2.18. The van der Waals surface area contributed by atoms with Crippen LogP contribution in [0.1, 0.15) is 33.4 Å². The quantitative estimate of drug-likeness (QED) is 0.864. The molecule has 0 fully saturated rings. The number of rotatable bonds is 3. The van der Waals surface area contributed by atoms with Crippen molar-refractivity contribution < 1.29 is 0 Å². The predicted molar refractivity (Wildman–Crippen MR) is 79.2 cm³/mol. The van der Waals surface area contributed by atoms with Gasteiger partial charge in [-0.05, 0) is 48.2 Å². The molecule has 102 valence electrons. The minimum Gasteiger partial charge on any atom is -0.192 e. The Morgan fingerprint density at radius 3 is 1.77 bits per heavy atom. The van der Waals surface area contributed by atoms with Crippen LogP contribution in [0.4, 0.5) is 0 Å². The summed E-state index contributed by atoms with van der Waals surface area (Å²) in [6, 6.07) is 18.3. The Hall–Kier alpha value is -3.60. The Bertz CT molecular complexity index is 851. The second kappa shape index (κ2) is 6.71. The minimum atomic E-state index is 0.342. The van der Waals surface area contributed by atoms with E-state index in [1.54, 1.807) is 36.4 Å². The van der Waals surface area contributed by atoms with Gasteiger partial charge in [0, 0.05) is 0 Å². The third kappa shape index (κ3) is 2.94. The first kappa shape index (κ1) is 14.8. The van der Waals surface area contributed by atoms with E-state index in [1.165, 1.54) is 0 Å². The third-order valence-electron chi connectivity index (χ3n) is 3.41. The highest BCUT2D eigenvalue weighted by molar-refractivity contribution is 5.50. The molecule has 0 aromatic heterocycles. The van der Waals surface area contributed by atoms with Crippen LogP contribution in [0.25, 0.3) is 0 Å². The Balaban J connectivity index is 2.29. The highest BCUT2D eigenvalue weighted by Gasteiger charge is 2.09. The number of hydrogen-bond donors (Lipinski definition) is 0. The molecule has 0 N–H and O–H groups in total. The summed E-state index contributed by atoms with van der Waals surface area (Å²) in [6.45, 7) is 0. The van der Waals surface area contributed by atoms with Crippen molar-refractivity contribution in [1.82, 2.24) is 0 Å². The maximum absolute atomic E-state index is 9.15. The summed E-state index contributed by atoms with van der Waals surface area (Å²) in [5.41, 5.74) is 3.29. The fourth-order valence-corrected chi connectivity index (χ4v) is 2.27. The lowest BCUT2D eigenvalue weighted by molar-refractivity contribution is 0.950. The van der Waals surface area contributed by atoms with Gasteiger partial charge in [0.05, 0.1) is 34.4 Å². The molecule has 0 aliphatic rings. The lowest BCUT2D eigenvalue weighted by Crippen LogP contribution is -1.99. The molecule has 2 aromatic carbocycles. The van der Waals surface area contributed by atoms with Gasteiger partial charge in [-0.25, -0.2) is 0 Å². The highest BCUT2D eigenvalue weighted by atomic mass is 14.3. The van der Waals surface area contributed by atoms with Crippen molar-refractivity contribution >= 4 is 0 Å². The summed E-state index contributed by atoms with van der Waals surface area (Å²) in [5.74, 6) is 0. The van der Waals surface area contributed by atoms with Crippen LogP contribution in [-0.4, -0.2) is 0 Å². The summed E-state index contributed by atoms with van der Waals surface area (Å²) in [6.07, 6.45) is 1.12. The molecule has 0 saturated carbocycles. The van der Waals surface area contributed by atoms with Crippen molar-refractivity contribution in [2.24, 2.45) is 0 Å². The van der Waals surface area contributed by atoms with Crippen LogP contribution in [-0.2, 0) is 12.8 Å². The maximum Gasteiger partial charge on any atom is 0.101 e. The van der Waals surface area contributed by atoms with E-state index in [0.29, 0.717) is 35.1 Å². The molecule has 4 heteroatoms. The molecule has 0 radical (unpaired) electrons. The summed E-state index contributed by atoms with van der Waals surface area (Å²) in [4.78, 5) is 0. The van der Waals surface area contributed by atoms with Gasteiger partial charge in [0.2, 0.25) is 0 Å². The van der Waals surface area contributed by atoms with Crippen molar-refractivity contribution in [2.45, 2.75) is 12.8 Å². The van der Waals surface area contributed by atoms with Crippen LogP contribution in [0.3, 0.4) is 0 Å². The molecule has 22 heavy (non-hydrogen) atoms. The van der Waals surface area contributed by atoms with Gasteiger partial charge in [-0.3, -0.25) is 0 Å². The monoisotopic (exact) mass is 282 g/mol. The van der Waals surface area contributed by atoms with E-state index >= 15 is 0 Å². The normalized spacial score (nSPS) is 9.09. The van der Waals surface area contributed by atoms with Crippen LogP contribution in [0.5, 0.6) is 0 Å². The molecule has 2 rings (SSSR count). The second-order valence-corrected chi connectivity index (χ2v) is 4.66. The molecule has 0 spiro atoms. The molecule has 0 heterocycles. The van der Waals surface area contributed by atoms with Crippen LogP contribution < -0.4 is 0 Å². The van der Waals surface area contributed by atoms with Crippen LogP contribution >= 0.6 is 0 Å². The largest absolute Gasteiger partial charge is 0.192 e. The maximum atomic E-state index is 9.15. The van der Waals surface area contributed by atoms with Crippen LogP contribution in [0.15, 0.2) is 36.4 Å². The van der Waals surface area contributed by atoms with Gasteiger partial charge in [0.25, 0.3) is 0 Å². The van der Waals surface area contributed by atoms with Gasteiger partial charge < -0.3 is 0 Å². The first-order valence-electron chi connectivity index (χ1n) is 6.58. The fourth-order valence-electron chi connectivity index (χ4n) is 2.27. The molecular weight excluding hydrogens is 272 g/mol. The Kier molecular flexibility index (Phi) is 4.52. The Morgan fingerprint density at radius 1 is 0.636 bits per heavy atom. The Labute approximate surface area is 128 Å². The van der Waals surface area contributed by atoms with E-state index in [9.17, 15) is 0 Å². The van der Waals surface area contributed by atoms with E-state index in [4.69, 9.17) is 21.0 Å². The van der Waals surface area contributed by atoms with Crippen molar-refractivity contribution in [3.8, 4) is 24.3 Å². The minimum absolute atomic E-state index is 0.342. The lowest BCUT2D eigenvalue weighted by atomic mass is 9.95. The van der Waals surface area contributed by atoms with Crippen molar-refractivity contribution in [1.29, 1.82) is 21.0 Å². The van der Waals surface area contributed by atoms with E-state index in [2.05, 4.69) is 12.1 Å². The molecule has 0 saturated heterocycles. The molecule has 0 aliphatic carbocycles. The van der Waals surface area contributed by atoms with Crippen molar-refractivity contribution in [2.75, 3.05) is 0 Å². The average molecular weight is 282 g/mol. The van der Waals surface area contributed by atoms with Gasteiger partial charge in [0.15, 0.2) is 0 Å². The van der Waals surface area contributed by atoms with Crippen LogP contribution in [0.2, 0.25) is 0 Å². The van der Waals surface area contributed by atoms with Crippen molar-refractivity contribution in [3.63, 3.8) is 0 Å². The van der Waals surface area contributed by atoms with Crippen molar-refractivity contribution in [3.05, 3.63) is 69.8 Å². The number of nitrogens with zero attached hydrogens (tertiary/aromatic N) is 4. The zero-order chi connectivity index (χ0) is 15.9. The summed E-state index contributed by atoms with van der Waals surface area (Å²) in [7, 11) is 0.